The lowest BCUT2D eigenvalue weighted by Gasteiger charge is -2.13. The Balaban J connectivity index is 1.99. The second kappa shape index (κ2) is 9.56. The largest absolute Gasteiger partial charge is 0.380 e. The Hall–Kier alpha value is -2.89. The number of para-hydroxylation sites is 1. The van der Waals surface area contributed by atoms with Crippen LogP contribution < -0.4 is 16.4 Å². The molecule has 1 heterocycles. The summed E-state index contributed by atoms with van der Waals surface area (Å²) in [5, 5.41) is 6.21. The van der Waals surface area contributed by atoms with Gasteiger partial charge in [-0.2, -0.15) is 0 Å². The van der Waals surface area contributed by atoms with Crippen LogP contribution in [0.2, 0.25) is 0 Å². The Morgan fingerprint density at radius 2 is 1.96 bits per heavy atom. The number of carbonyl (C=O) groups excluding carboxylic acids is 2. The molecule has 0 atom stereocenters. The van der Waals surface area contributed by atoms with E-state index in [9.17, 15) is 9.59 Å². The Bertz CT molecular complexity index is 759. The molecule has 138 valence electrons. The van der Waals surface area contributed by atoms with Crippen LogP contribution in [0.1, 0.15) is 53.1 Å². The van der Waals surface area contributed by atoms with Gasteiger partial charge in [-0.3, -0.25) is 14.6 Å². The fourth-order valence-electron chi connectivity index (χ4n) is 2.56. The molecule has 0 spiro atoms. The van der Waals surface area contributed by atoms with Gasteiger partial charge in [0.25, 0.3) is 11.8 Å². The predicted octanol–water partition coefficient (Wildman–Crippen LogP) is 2.96. The summed E-state index contributed by atoms with van der Waals surface area (Å²) in [4.78, 5) is 27.6. The molecule has 6 nitrogen and oxygen atoms in total. The summed E-state index contributed by atoms with van der Waals surface area (Å²) >= 11 is 0. The number of hydrogen-bond acceptors (Lipinski definition) is 4. The van der Waals surface area contributed by atoms with Gasteiger partial charge in [0.05, 0.1) is 5.56 Å². The molecule has 0 aliphatic rings. The van der Waals surface area contributed by atoms with Gasteiger partial charge in [-0.1, -0.05) is 26.0 Å². The van der Waals surface area contributed by atoms with Crippen molar-refractivity contribution in [2.45, 2.75) is 33.2 Å². The van der Waals surface area contributed by atoms with Crippen molar-refractivity contribution in [1.82, 2.24) is 10.3 Å². The minimum absolute atomic E-state index is 0.0931. The first-order valence-corrected chi connectivity index (χ1v) is 8.83. The average Bonchev–Trinajstić information content (AvgIpc) is 2.63. The highest BCUT2D eigenvalue weighted by Crippen LogP contribution is 2.16. The molecule has 0 unspecified atom stereocenters. The van der Waals surface area contributed by atoms with Crippen LogP contribution in [0.15, 0.2) is 42.6 Å². The molecule has 26 heavy (non-hydrogen) atoms. The normalized spacial score (nSPS) is 10.6. The fraction of sp³-hybridized carbons (Fsp3) is 0.350. The number of amides is 2. The number of benzene rings is 1. The van der Waals surface area contributed by atoms with Gasteiger partial charge in [0, 0.05) is 25.0 Å². The summed E-state index contributed by atoms with van der Waals surface area (Å²) in [5.74, 6) is -0.0241. The van der Waals surface area contributed by atoms with Crippen LogP contribution in [-0.2, 0) is 6.54 Å². The van der Waals surface area contributed by atoms with Gasteiger partial charge in [-0.25, -0.2) is 0 Å². The van der Waals surface area contributed by atoms with Crippen LogP contribution in [0, 0.1) is 5.92 Å². The van der Waals surface area contributed by atoms with E-state index in [1.165, 1.54) is 0 Å². The lowest BCUT2D eigenvalue weighted by Crippen LogP contribution is -2.25. The zero-order valence-electron chi connectivity index (χ0n) is 15.3. The second-order valence-corrected chi connectivity index (χ2v) is 6.60. The molecule has 2 aromatic rings. The molecule has 4 N–H and O–H groups in total. The lowest BCUT2D eigenvalue weighted by molar-refractivity contribution is 0.0952. The van der Waals surface area contributed by atoms with Crippen LogP contribution in [-0.4, -0.2) is 23.3 Å². The van der Waals surface area contributed by atoms with Gasteiger partial charge in [0.15, 0.2) is 0 Å². The van der Waals surface area contributed by atoms with E-state index in [0.717, 1.165) is 24.1 Å². The van der Waals surface area contributed by atoms with Gasteiger partial charge < -0.3 is 16.4 Å². The third-order valence-corrected chi connectivity index (χ3v) is 3.98. The van der Waals surface area contributed by atoms with E-state index in [4.69, 9.17) is 5.73 Å². The maximum Gasteiger partial charge on any atom is 0.267 e. The van der Waals surface area contributed by atoms with Crippen LogP contribution in [0.3, 0.4) is 0 Å². The van der Waals surface area contributed by atoms with Gasteiger partial charge in [-0.05, 0) is 48.6 Å². The highest BCUT2D eigenvalue weighted by Gasteiger charge is 2.11. The Morgan fingerprint density at radius 1 is 1.19 bits per heavy atom. The molecular weight excluding hydrogens is 328 g/mol. The molecule has 0 radical (unpaired) electrons. The van der Waals surface area contributed by atoms with E-state index in [2.05, 4.69) is 29.5 Å². The Kier molecular flexibility index (Phi) is 7.14. The smallest absolute Gasteiger partial charge is 0.267 e. The minimum Gasteiger partial charge on any atom is -0.380 e. The van der Waals surface area contributed by atoms with E-state index in [0.29, 0.717) is 24.6 Å². The first-order chi connectivity index (χ1) is 12.5. The summed E-state index contributed by atoms with van der Waals surface area (Å²) in [7, 11) is 0. The summed E-state index contributed by atoms with van der Waals surface area (Å²) < 4.78 is 0. The number of carbonyl (C=O) groups is 2. The number of anilines is 1. The molecule has 0 aliphatic carbocycles. The number of pyridine rings is 1. The first kappa shape index (κ1) is 19.4. The molecule has 2 amide bonds. The number of aromatic nitrogens is 1. The number of primary amides is 1. The van der Waals surface area contributed by atoms with Crippen LogP contribution >= 0.6 is 0 Å². The van der Waals surface area contributed by atoms with Crippen LogP contribution in [0.25, 0.3) is 0 Å². The molecule has 0 bridgehead atoms. The van der Waals surface area contributed by atoms with Gasteiger partial charge >= 0.3 is 0 Å². The lowest BCUT2D eigenvalue weighted by atomic mass is 10.1. The van der Waals surface area contributed by atoms with Crippen molar-refractivity contribution >= 4 is 17.5 Å². The zero-order valence-corrected chi connectivity index (χ0v) is 15.3. The van der Waals surface area contributed by atoms with Gasteiger partial charge in [0.1, 0.15) is 5.69 Å². The molecule has 6 heteroatoms. The Labute approximate surface area is 154 Å². The van der Waals surface area contributed by atoms with E-state index in [-0.39, 0.29) is 11.6 Å². The monoisotopic (exact) mass is 354 g/mol. The van der Waals surface area contributed by atoms with Crippen molar-refractivity contribution in [3.05, 3.63) is 59.4 Å². The second-order valence-electron chi connectivity index (χ2n) is 6.60. The summed E-state index contributed by atoms with van der Waals surface area (Å²) in [6.07, 6.45) is 3.60. The standard InChI is InChI=1S/C20H26N4O2/c1-14(2)6-5-10-23-20(26)16-7-3-4-8-17(16)24-13-15-9-11-22-18(12-15)19(21)25/h3-4,7-9,11-12,14,24H,5-6,10,13H2,1-2H3,(H2,21,25)(H,23,26). The molecule has 0 saturated heterocycles. The molecule has 0 saturated carbocycles. The average molecular weight is 354 g/mol. The number of rotatable bonds is 9. The third kappa shape index (κ3) is 5.88. The quantitative estimate of drug-likeness (QED) is 0.603. The molecule has 1 aromatic carbocycles. The topological polar surface area (TPSA) is 97.1 Å². The van der Waals surface area contributed by atoms with E-state index >= 15 is 0 Å². The number of nitrogens with one attached hydrogen (secondary N) is 2. The van der Waals surface area contributed by atoms with Crippen molar-refractivity contribution in [3.63, 3.8) is 0 Å². The highest BCUT2D eigenvalue weighted by molar-refractivity contribution is 5.99. The highest BCUT2D eigenvalue weighted by atomic mass is 16.2. The van der Waals surface area contributed by atoms with E-state index in [1.807, 2.05) is 18.2 Å². The summed E-state index contributed by atoms with van der Waals surface area (Å²) in [6, 6.07) is 10.8. The molecule has 1 aromatic heterocycles. The van der Waals surface area contributed by atoms with Crippen molar-refractivity contribution in [1.29, 1.82) is 0 Å². The predicted molar refractivity (Wildman–Crippen MR) is 103 cm³/mol. The molecule has 0 aliphatic heterocycles. The summed E-state index contributed by atoms with van der Waals surface area (Å²) in [5.41, 5.74) is 7.68. The van der Waals surface area contributed by atoms with Crippen LogP contribution in [0.5, 0.6) is 0 Å². The third-order valence-electron chi connectivity index (χ3n) is 3.98. The van der Waals surface area contributed by atoms with Gasteiger partial charge in [-0.15, -0.1) is 0 Å². The number of nitrogens with two attached hydrogens (primary N) is 1. The number of hydrogen-bond donors (Lipinski definition) is 3. The van der Waals surface area contributed by atoms with Crippen molar-refractivity contribution in [2.75, 3.05) is 11.9 Å². The molecule has 0 fully saturated rings. The van der Waals surface area contributed by atoms with E-state index < -0.39 is 5.91 Å². The van der Waals surface area contributed by atoms with Crippen molar-refractivity contribution in [2.24, 2.45) is 11.7 Å². The minimum atomic E-state index is -0.562. The maximum absolute atomic E-state index is 12.4. The molecule has 2 rings (SSSR count). The van der Waals surface area contributed by atoms with Gasteiger partial charge in [0.2, 0.25) is 0 Å². The SMILES string of the molecule is CC(C)CCCNC(=O)c1ccccc1NCc1ccnc(C(N)=O)c1. The van der Waals surface area contributed by atoms with Crippen molar-refractivity contribution in [3.8, 4) is 0 Å². The van der Waals surface area contributed by atoms with Crippen molar-refractivity contribution < 1.29 is 9.59 Å². The fourth-order valence-corrected chi connectivity index (χ4v) is 2.56. The number of nitrogens with zero attached hydrogens (tertiary/aromatic N) is 1. The summed E-state index contributed by atoms with van der Waals surface area (Å²) in [6.45, 7) is 5.46. The van der Waals surface area contributed by atoms with E-state index in [1.54, 1.807) is 24.4 Å². The van der Waals surface area contributed by atoms with Crippen LogP contribution in [0.4, 0.5) is 5.69 Å². The molecular formula is C20H26N4O2. The maximum atomic E-state index is 12.4. The Morgan fingerprint density at radius 3 is 2.69 bits per heavy atom. The zero-order chi connectivity index (χ0) is 18.9. The first-order valence-electron chi connectivity index (χ1n) is 8.83.